The van der Waals surface area contributed by atoms with Gasteiger partial charge in [0.05, 0.1) is 6.26 Å². The highest BCUT2D eigenvalue weighted by Crippen LogP contribution is 2.31. The van der Waals surface area contributed by atoms with Crippen molar-refractivity contribution >= 4 is 39.4 Å². The molecule has 1 unspecified atom stereocenters. The average Bonchev–Trinajstić information content (AvgIpc) is 3.34. The zero-order valence-corrected chi connectivity index (χ0v) is 15.6. The molecule has 0 saturated carbocycles. The summed E-state index contributed by atoms with van der Waals surface area (Å²) in [7, 11) is 0. The average molecular weight is 376 g/mol. The Hall–Kier alpha value is -3.54. The second kappa shape index (κ2) is 7.23. The molecule has 0 saturated heterocycles. The van der Waals surface area contributed by atoms with E-state index in [4.69, 9.17) is 9.15 Å². The van der Waals surface area contributed by atoms with Crippen LogP contribution in [0.1, 0.15) is 24.4 Å². The van der Waals surface area contributed by atoms with Crippen LogP contribution in [0.15, 0.2) is 65.3 Å². The third-order valence-corrected chi connectivity index (χ3v) is 4.73. The van der Waals surface area contributed by atoms with Gasteiger partial charge in [-0.1, -0.05) is 18.2 Å². The topological polar surface area (TPSA) is 73.5 Å². The summed E-state index contributed by atoms with van der Waals surface area (Å²) in [4.78, 5) is 24.4. The molecule has 0 aliphatic carbocycles. The van der Waals surface area contributed by atoms with Crippen LogP contribution >= 0.6 is 0 Å². The van der Waals surface area contributed by atoms with Gasteiger partial charge in [0, 0.05) is 34.0 Å². The minimum Gasteiger partial charge on any atom is -0.457 e. The number of ether oxygens (including phenoxy) is 1. The predicted octanol–water partition coefficient (Wildman–Crippen LogP) is 4.59. The van der Waals surface area contributed by atoms with Crippen molar-refractivity contribution in [3.05, 3.63) is 66.6 Å². The summed E-state index contributed by atoms with van der Waals surface area (Å²) >= 11 is 0. The first-order chi connectivity index (χ1) is 13.6. The molecule has 0 radical (unpaired) electrons. The van der Waals surface area contributed by atoms with Gasteiger partial charge in [0.1, 0.15) is 0 Å². The zero-order chi connectivity index (χ0) is 19.7. The number of carbonyl (C=O) groups is 2. The molecular formula is C22H20N2O4. The molecule has 0 spiro atoms. The molecule has 6 nitrogen and oxygen atoms in total. The Morgan fingerprint density at radius 2 is 1.86 bits per heavy atom. The van der Waals surface area contributed by atoms with Crippen molar-refractivity contribution in [2.24, 2.45) is 0 Å². The van der Waals surface area contributed by atoms with Gasteiger partial charge in [-0.3, -0.25) is 4.79 Å². The molecule has 2 aromatic carbocycles. The summed E-state index contributed by atoms with van der Waals surface area (Å²) in [6.45, 7) is 4.49. The molecule has 1 N–H and O–H groups in total. The van der Waals surface area contributed by atoms with Crippen LogP contribution in [-0.4, -0.2) is 22.5 Å². The molecule has 1 atom stereocenters. The molecule has 0 aliphatic rings. The molecule has 4 rings (SSSR count). The molecule has 0 bridgehead atoms. The third-order valence-electron chi connectivity index (χ3n) is 4.73. The van der Waals surface area contributed by atoms with E-state index in [1.807, 2.05) is 30.3 Å². The van der Waals surface area contributed by atoms with E-state index in [0.717, 1.165) is 28.4 Å². The van der Waals surface area contributed by atoms with Gasteiger partial charge < -0.3 is 19.0 Å². The minimum absolute atomic E-state index is 0.0634. The maximum Gasteiger partial charge on any atom is 0.374 e. The van der Waals surface area contributed by atoms with E-state index in [-0.39, 0.29) is 5.76 Å². The first kappa shape index (κ1) is 17.9. The van der Waals surface area contributed by atoms with Gasteiger partial charge >= 0.3 is 5.97 Å². The van der Waals surface area contributed by atoms with E-state index in [0.29, 0.717) is 5.69 Å². The lowest BCUT2D eigenvalue weighted by molar-refractivity contribution is -0.123. The highest BCUT2D eigenvalue weighted by molar-refractivity contribution is 6.10. The number of amides is 1. The lowest BCUT2D eigenvalue weighted by Crippen LogP contribution is -2.29. The van der Waals surface area contributed by atoms with E-state index >= 15 is 0 Å². The van der Waals surface area contributed by atoms with Crippen LogP contribution in [0.5, 0.6) is 0 Å². The number of esters is 1. The fourth-order valence-corrected chi connectivity index (χ4v) is 3.38. The Morgan fingerprint density at radius 1 is 1.07 bits per heavy atom. The summed E-state index contributed by atoms with van der Waals surface area (Å²) < 4.78 is 12.4. The van der Waals surface area contributed by atoms with E-state index < -0.39 is 18.0 Å². The second-order valence-corrected chi connectivity index (χ2v) is 6.51. The number of nitrogens with zero attached hydrogens (tertiary/aromatic N) is 1. The smallest absolute Gasteiger partial charge is 0.374 e. The zero-order valence-electron chi connectivity index (χ0n) is 15.6. The van der Waals surface area contributed by atoms with Crippen molar-refractivity contribution in [2.45, 2.75) is 26.5 Å². The Morgan fingerprint density at radius 3 is 2.61 bits per heavy atom. The lowest BCUT2D eigenvalue weighted by atomic mass is 10.1. The van der Waals surface area contributed by atoms with Crippen molar-refractivity contribution in [1.29, 1.82) is 0 Å². The number of aromatic nitrogens is 1. The van der Waals surface area contributed by atoms with Crippen LogP contribution in [-0.2, 0) is 16.1 Å². The Bertz CT molecular complexity index is 1160. The van der Waals surface area contributed by atoms with Gasteiger partial charge in [0.2, 0.25) is 5.76 Å². The maximum absolute atomic E-state index is 12.5. The molecule has 4 aromatic rings. The quantitative estimate of drug-likeness (QED) is 0.517. The van der Waals surface area contributed by atoms with Crippen molar-refractivity contribution in [2.75, 3.05) is 5.32 Å². The number of anilines is 1. The molecule has 6 heteroatoms. The van der Waals surface area contributed by atoms with Crippen LogP contribution in [0.2, 0.25) is 0 Å². The predicted molar refractivity (Wildman–Crippen MR) is 107 cm³/mol. The van der Waals surface area contributed by atoms with Gasteiger partial charge in [0.25, 0.3) is 5.91 Å². The number of furan rings is 1. The van der Waals surface area contributed by atoms with Crippen LogP contribution in [0.25, 0.3) is 21.8 Å². The first-order valence-electron chi connectivity index (χ1n) is 9.15. The normalized spacial score (nSPS) is 12.2. The van der Waals surface area contributed by atoms with Crippen LogP contribution in [0.4, 0.5) is 5.69 Å². The molecule has 28 heavy (non-hydrogen) atoms. The number of hydrogen-bond donors (Lipinski definition) is 1. The fourth-order valence-electron chi connectivity index (χ4n) is 3.38. The first-order valence-corrected chi connectivity index (χ1v) is 9.15. The SMILES string of the molecule is CCn1c2ccccc2c2cc(NC(=O)C(C)OC(=O)c3ccco3)ccc21. The highest BCUT2D eigenvalue weighted by Gasteiger charge is 2.21. The van der Waals surface area contributed by atoms with Crippen molar-refractivity contribution < 1.29 is 18.7 Å². The lowest BCUT2D eigenvalue weighted by Gasteiger charge is -2.13. The third kappa shape index (κ3) is 3.13. The van der Waals surface area contributed by atoms with E-state index in [1.165, 1.54) is 19.3 Å². The Balaban J connectivity index is 1.57. The largest absolute Gasteiger partial charge is 0.457 e. The molecule has 2 aromatic heterocycles. The molecule has 2 heterocycles. The van der Waals surface area contributed by atoms with E-state index in [1.54, 1.807) is 6.07 Å². The van der Waals surface area contributed by atoms with Crippen molar-refractivity contribution in [1.82, 2.24) is 4.57 Å². The number of aryl methyl sites for hydroxylation is 1. The van der Waals surface area contributed by atoms with Gasteiger partial charge in [0.15, 0.2) is 6.10 Å². The van der Waals surface area contributed by atoms with E-state index in [2.05, 4.69) is 28.9 Å². The number of carbonyl (C=O) groups excluding carboxylic acids is 2. The Labute approximate surface area is 161 Å². The summed E-state index contributed by atoms with van der Waals surface area (Å²) in [6.07, 6.45) is 0.425. The van der Waals surface area contributed by atoms with Crippen LogP contribution in [0.3, 0.4) is 0 Å². The number of nitrogens with one attached hydrogen (secondary N) is 1. The number of rotatable bonds is 5. The standard InChI is InChI=1S/C22H20N2O4/c1-3-24-18-8-5-4-7-16(18)17-13-15(10-11-19(17)24)23-21(25)14(2)28-22(26)20-9-6-12-27-20/h4-14H,3H2,1-2H3,(H,23,25). The summed E-state index contributed by atoms with van der Waals surface area (Å²) in [5, 5.41) is 5.02. The van der Waals surface area contributed by atoms with Crippen LogP contribution < -0.4 is 5.32 Å². The van der Waals surface area contributed by atoms with Gasteiger partial charge in [-0.05, 0) is 50.2 Å². The molecule has 142 valence electrons. The number of hydrogen-bond acceptors (Lipinski definition) is 4. The monoisotopic (exact) mass is 376 g/mol. The molecule has 0 aliphatic heterocycles. The molecular weight excluding hydrogens is 356 g/mol. The van der Waals surface area contributed by atoms with Crippen LogP contribution in [0, 0.1) is 0 Å². The number of para-hydroxylation sites is 1. The maximum atomic E-state index is 12.5. The van der Waals surface area contributed by atoms with E-state index in [9.17, 15) is 9.59 Å². The summed E-state index contributed by atoms with van der Waals surface area (Å²) in [5.74, 6) is -1.01. The molecule has 1 amide bonds. The Kier molecular flexibility index (Phi) is 4.61. The van der Waals surface area contributed by atoms with Gasteiger partial charge in [-0.25, -0.2) is 4.79 Å². The number of fused-ring (bicyclic) bond motifs is 3. The van der Waals surface area contributed by atoms with Crippen molar-refractivity contribution in [3.8, 4) is 0 Å². The second-order valence-electron chi connectivity index (χ2n) is 6.51. The molecule has 0 fully saturated rings. The fraction of sp³-hybridized carbons (Fsp3) is 0.182. The van der Waals surface area contributed by atoms with Crippen molar-refractivity contribution in [3.63, 3.8) is 0 Å². The summed E-state index contributed by atoms with van der Waals surface area (Å²) in [5.41, 5.74) is 2.92. The number of benzene rings is 2. The van der Waals surface area contributed by atoms with Gasteiger partial charge in [-0.2, -0.15) is 0 Å². The van der Waals surface area contributed by atoms with Gasteiger partial charge in [-0.15, -0.1) is 0 Å². The minimum atomic E-state index is -0.953. The summed E-state index contributed by atoms with van der Waals surface area (Å²) in [6, 6.07) is 17.1. The highest BCUT2D eigenvalue weighted by atomic mass is 16.6.